The van der Waals surface area contributed by atoms with Gasteiger partial charge in [-0.05, 0) is 19.3 Å². The molecule has 0 aromatic heterocycles. The Morgan fingerprint density at radius 3 is 2.92 bits per heavy atom. The maximum absolute atomic E-state index is 11.6. The van der Waals surface area contributed by atoms with Gasteiger partial charge in [-0.25, -0.2) is 3.11 Å². The van der Waals surface area contributed by atoms with Crippen LogP contribution in [0.5, 0.6) is 0 Å². The SMILES string of the molecule is O=C1NCCC12CCCN(I)C2. The summed E-state index contributed by atoms with van der Waals surface area (Å²) in [4.78, 5) is 11.6. The van der Waals surface area contributed by atoms with Gasteiger partial charge in [0.15, 0.2) is 0 Å². The molecule has 0 aliphatic carbocycles. The Balaban J connectivity index is 2.13. The van der Waals surface area contributed by atoms with Crippen LogP contribution in [-0.2, 0) is 4.79 Å². The molecule has 2 aliphatic rings. The molecule has 2 saturated heterocycles. The topological polar surface area (TPSA) is 32.3 Å². The van der Waals surface area contributed by atoms with Gasteiger partial charge in [0.2, 0.25) is 5.91 Å². The highest BCUT2D eigenvalue weighted by Crippen LogP contribution is 2.37. The van der Waals surface area contributed by atoms with Crippen LogP contribution in [0.25, 0.3) is 0 Å². The zero-order chi connectivity index (χ0) is 8.60. The molecule has 0 aromatic carbocycles. The number of amides is 1. The summed E-state index contributed by atoms with van der Waals surface area (Å²) in [5.74, 6) is 0.281. The molecule has 0 bridgehead atoms. The summed E-state index contributed by atoms with van der Waals surface area (Å²) in [7, 11) is 0. The number of halogens is 1. The molecular weight excluding hydrogens is 267 g/mol. The first-order chi connectivity index (χ1) is 5.73. The molecule has 2 aliphatic heterocycles. The van der Waals surface area contributed by atoms with Crippen LogP contribution in [0.2, 0.25) is 0 Å². The molecule has 0 saturated carbocycles. The first kappa shape index (κ1) is 8.74. The first-order valence-electron chi connectivity index (χ1n) is 4.42. The lowest BCUT2D eigenvalue weighted by Gasteiger charge is -2.34. The van der Waals surface area contributed by atoms with Crippen LogP contribution in [0, 0.1) is 5.41 Å². The number of hydrogen-bond acceptors (Lipinski definition) is 2. The van der Waals surface area contributed by atoms with Gasteiger partial charge in [-0.1, -0.05) is 0 Å². The van der Waals surface area contributed by atoms with Crippen LogP contribution in [0.3, 0.4) is 0 Å². The Labute approximate surface area is 86.4 Å². The number of carbonyl (C=O) groups excluding carboxylic acids is 1. The quantitative estimate of drug-likeness (QED) is 0.529. The molecule has 2 heterocycles. The third-order valence-electron chi connectivity index (χ3n) is 2.90. The van der Waals surface area contributed by atoms with Gasteiger partial charge in [-0.15, -0.1) is 0 Å². The molecule has 1 atom stereocenters. The van der Waals surface area contributed by atoms with Crippen molar-refractivity contribution < 1.29 is 4.79 Å². The van der Waals surface area contributed by atoms with Gasteiger partial charge < -0.3 is 5.32 Å². The van der Waals surface area contributed by atoms with Crippen molar-refractivity contribution in [1.82, 2.24) is 8.43 Å². The molecule has 2 rings (SSSR count). The Morgan fingerprint density at radius 1 is 1.50 bits per heavy atom. The van der Waals surface area contributed by atoms with Crippen LogP contribution in [-0.4, -0.2) is 28.7 Å². The van der Waals surface area contributed by atoms with Crippen molar-refractivity contribution in [3.05, 3.63) is 0 Å². The predicted octanol–water partition coefficient (Wildman–Crippen LogP) is 0.939. The van der Waals surface area contributed by atoms with Crippen LogP contribution < -0.4 is 5.32 Å². The van der Waals surface area contributed by atoms with Crippen LogP contribution in [0.4, 0.5) is 0 Å². The van der Waals surface area contributed by atoms with E-state index in [2.05, 4.69) is 31.3 Å². The van der Waals surface area contributed by atoms with E-state index in [1.54, 1.807) is 0 Å². The molecular formula is C8H13IN2O. The van der Waals surface area contributed by atoms with Crippen molar-refractivity contribution in [3.8, 4) is 0 Å². The van der Waals surface area contributed by atoms with Crippen LogP contribution in [0.1, 0.15) is 19.3 Å². The molecule has 0 radical (unpaired) electrons. The standard InChI is InChI=1S/C8H13IN2O/c9-11-5-1-2-8(6-11)3-4-10-7(8)12/h1-6H2,(H,10,12). The lowest BCUT2D eigenvalue weighted by Crippen LogP contribution is -2.43. The lowest BCUT2D eigenvalue weighted by atomic mass is 9.79. The van der Waals surface area contributed by atoms with Gasteiger partial charge in [0, 0.05) is 42.5 Å². The van der Waals surface area contributed by atoms with E-state index in [1.807, 2.05) is 0 Å². The molecule has 12 heavy (non-hydrogen) atoms. The Kier molecular flexibility index (Phi) is 2.29. The number of hydrogen-bond donors (Lipinski definition) is 1. The zero-order valence-electron chi connectivity index (χ0n) is 6.98. The summed E-state index contributed by atoms with van der Waals surface area (Å²) in [6.07, 6.45) is 3.28. The summed E-state index contributed by atoms with van der Waals surface area (Å²) in [5.41, 5.74) is -0.0283. The van der Waals surface area contributed by atoms with E-state index in [-0.39, 0.29) is 11.3 Å². The van der Waals surface area contributed by atoms with E-state index < -0.39 is 0 Å². The highest BCUT2D eigenvalue weighted by Gasteiger charge is 2.44. The van der Waals surface area contributed by atoms with Crippen molar-refractivity contribution in [3.63, 3.8) is 0 Å². The largest absolute Gasteiger partial charge is 0.356 e. The van der Waals surface area contributed by atoms with Crippen molar-refractivity contribution in [1.29, 1.82) is 0 Å². The smallest absolute Gasteiger partial charge is 0.227 e. The second kappa shape index (κ2) is 3.14. The summed E-state index contributed by atoms with van der Waals surface area (Å²) < 4.78 is 2.24. The van der Waals surface area contributed by atoms with E-state index in [1.165, 1.54) is 0 Å². The fourth-order valence-electron chi connectivity index (χ4n) is 2.18. The molecule has 68 valence electrons. The van der Waals surface area contributed by atoms with E-state index in [9.17, 15) is 4.79 Å². The van der Waals surface area contributed by atoms with Gasteiger partial charge in [-0.2, -0.15) is 0 Å². The molecule has 1 N–H and O–H groups in total. The minimum Gasteiger partial charge on any atom is -0.356 e. The van der Waals surface area contributed by atoms with Crippen molar-refractivity contribution in [2.24, 2.45) is 5.41 Å². The van der Waals surface area contributed by atoms with E-state index in [0.29, 0.717) is 0 Å². The third-order valence-corrected chi connectivity index (χ3v) is 3.72. The molecule has 0 aromatic rings. The zero-order valence-corrected chi connectivity index (χ0v) is 9.13. The van der Waals surface area contributed by atoms with E-state index in [4.69, 9.17) is 0 Å². The number of piperidine rings is 1. The third kappa shape index (κ3) is 1.35. The van der Waals surface area contributed by atoms with Crippen molar-refractivity contribution >= 4 is 28.8 Å². The molecule has 2 fully saturated rings. The number of nitrogens with zero attached hydrogens (tertiary/aromatic N) is 1. The van der Waals surface area contributed by atoms with Gasteiger partial charge in [0.25, 0.3) is 0 Å². The number of rotatable bonds is 0. The van der Waals surface area contributed by atoms with Gasteiger partial charge >= 0.3 is 0 Å². The summed E-state index contributed by atoms with van der Waals surface area (Å²) in [6, 6.07) is 0. The van der Waals surface area contributed by atoms with Gasteiger partial charge in [0.1, 0.15) is 0 Å². The van der Waals surface area contributed by atoms with Gasteiger partial charge in [0.05, 0.1) is 5.41 Å². The average Bonchev–Trinajstić information content (AvgIpc) is 2.33. The minimum atomic E-state index is -0.0283. The molecule has 3 nitrogen and oxygen atoms in total. The minimum absolute atomic E-state index is 0.0283. The highest BCUT2D eigenvalue weighted by molar-refractivity contribution is 14.1. The predicted molar refractivity (Wildman–Crippen MR) is 54.9 cm³/mol. The highest BCUT2D eigenvalue weighted by atomic mass is 127. The summed E-state index contributed by atoms with van der Waals surface area (Å²) in [5, 5.41) is 2.93. The van der Waals surface area contributed by atoms with Crippen molar-refractivity contribution in [2.75, 3.05) is 19.6 Å². The molecule has 4 heteroatoms. The lowest BCUT2D eigenvalue weighted by molar-refractivity contribution is -0.129. The van der Waals surface area contributed by atoms with Crippen LogP contribution in [0.15, 0.2) is 0 Å². The number of carbonyl (C=O) groups is 1. The second-order valence-corrected chi connectivity index (χ2v) is 5.10. The van der Waals surface area contributed by atoms with E-state index >= 15 is 0 Å². The Bertz CT molecular complexity index is 209. The Morgan fingerprint density at radius 2 is 2.33 bits per heavy atom. The molecule has 1 amide bonds. The summed E-state index contributed by atoms with van der Waals surface area (Å²) in [6.45, 7) is 2.96. The average molecular weight is 280 g/mol. The second-order valence-electron chi connectivity index (χ2n) is 3.73. The first-order valence-corrected chi connectivity index (χ1v) is 5.38. The van der Waals surface area contributed by atoms with E-state index in [0.717, 1.165) is 38.9 Å². The monoisotopic (exact) mass is 280 g/mol. The van der Waals surface area contributed by atoms with Crippen molar-refractivity contribution in [2.45, 2.75) is 19.3 Å². The number of nitrogens with one attached hydrogen (secondary N) is 1. The maximum atomic E-state index is 11.6. The molecule has 1 spiro atoms. The van der Waals surface area contributed by atoms with Crippen LogP contribution >= 0.6 is 22.9 Å². The van der Waals surface area contributed by atoms with Gasteiger partial charge in [-0.3, -0.25) is 4.79 Å². The maximum Gasteiger partial charge on any atom is 0.227 e. The Hall–Kier alpha value is 0.160. The fourth-order valence-corrected chi connectivity index (χ4v) is 3.18. The summed E-state index contributed by atoms with van der Waals surface area (Å²) >= 11 is 2.32. The normalized spacial score (nSPS) is 37.2. The molecule has 1 unspecified atom stereocenters. The fraction of sp³-hybridized carbons (Fsp3) is 0.875.